The molecule has 2 heterocycles. The first-order valence-electron chi connectivity index (χ1n) is 7.81. The van der Waals surface area contributed by atoms with Crippen LogP contribution < -0.4 is 10.6 Å². The molecule has 0 aliphatic carbocycles. The minimum Gasteiger partial charge on any atom is -0.347 e. The van der Waals surface area contributed by atoms with E-state index in [-0.39, 0.29) is 34.5 Å². The molecule has 1 amide bonds. The van der Waals surface area contributed by atoms with Gasteiger partial charge in [0.2, 0.25) is 0 Å². The predicted octanol–water partition coefficient (Wildman–Crippen LogP) is 1.72. The van der Waals surface area contributed by atoms with Crippen LogP contribution in [0, 0.1) is 18.6 Å². The Morgan fingerprint density at radius 3 is 2.65 bits per heavy atom. The summed E-state index contributed by atoms with van der Waals surface area (Å²) in [5.74, 6) is -1.69. The van der Waals surface area contributed by atoms with Gasteiger partial charge in [-0.05, 0) is 25.5 Å². The summed E-state index contributed by atoms with van der Waals surface area (Å²) in [6.45, 7) is 1.56. The highest BCUT2D eigenvalue weighted by molar-refractivity contribution is 7.91. The van der Waals surface area contributed by atoms with E-state index in [1.807, 2.05) is 0 Å². The van der Waals surface area contributed by atoms with Crippen LogP contribution >= 0.6 is 0 Å². The van der Waals surface area contributed by atoms with Crippen molar-refractivity contribution in [2.24, 2.45) is 0 Å². The second kappa shape index (κ2) is 6.94. The van der Waals surface area contributed by atoms with E-state index in [9.17, 15) is 22.0 Å². The molecule has 1 aromatic carbocycles. The molecule has 1 saturated heterocycles. The Balaban J connectivity index is 1.78. The van der Waals surface area contributed by atoms with Crippen LogP contribution in [-0.2, 0) is 9.84 Å². The van der Waals surface area contributed by atoms with Crippen molar-refractivity contribution in [1.82, 2.24) is 15.3 Å². The van der Waals surface area contributed by atoms with E-state index in [2.05, 4.69) is 20.6 Å². The number of carbonyl (C=O) groups is 1. The monoisotopic (exact) mass is 382 g/mol. The van der Waals surface area contributed by atoms with Crippen LogP contribution in [0.25, 0.3) is 0 Å². The number of halogens is 2. The number of aromatic nitrogens is 2. The maximum atomic E-state index is 13.8. The standard InChI is InChI=1S/C16H16F2N4O3S/c1-9-19-14(16(23)21-11-4-5-26(24,25)8-11)7-15(20-9)22-13-3-2-10(17)6-12(13)18/h2-3,6-7,11H,4-5,8H2,1H3,(H,21,23)(H,19,20,22). The molecule has 7 nitrogen and oxygen atoms in total. The van der Waals surface area contributed by atoms with Gasteiger partial charge < -0.3 is 10.6 Å². The SMILES string of the molecule is Cc1nc(Nc2ccc(F)cc2F)cc(C(=O)NC2CCS(=O)(=O)C2)n1. The molecule has 1 atom stereocenters. The number of amides is 1. The van der Waals surface area contributed by atoms with Crippen molar-refractivity contribution in [1.29, 1.82) is 0 Å². The third kappa shape index (κ3) is 4.31. The van der Waals surface area contributed by atoms with Crippen LogP contribution in [0.3, 0.4) is 0 Å². The van der Waals surface area contributed by atoms with Gasteiger partial charge in [0.25, 0.3) is 5.91 Å². The van der Waals surface area contributed by atoms with Gasteiger partial charge in [-0.3, -0.25) is 4.79 Å². The summed E-state index contributed by atoms with van der Waals surface area (Å²) in [6, 6.07) is 3.88. The second-order valence-corrected chi connectivity index (χ2v) is 8.24. The topological polar surface area (TPSA) is 101 Å². The van der Waals surface area contributed by atoms with E-state index in [4.69, 9.17) is 0 Å². The van der Waals surface area contributed by atoms with E-state index >= 15 is 0 Å². The Kier molecular flexibility index (Phi) is 4.86. The summed E-state index contributed by atoms with van der Waals surface area (Å²) in [7, 11) is -3.12. The Labute approximate surface area is 148 Å². The number of carbonyl (C=O) groups excluding carboxylic acids is 1. The van der Waals surface area contributed by atoms with Gasteiger partial charge in [0.05, 0.1) is 17.2 Å². The molecule has 1 unspecified atom stereocenters. The minimum atomic E-state index is -3.12. The van der Waals surface area contributed by atoms with Crippen LogP contribution in [0.4, 0.5) is 20.3 Å². The number of benzene rings is 1. The average Bonchev–Trinajstić information content (AvgIpc) is 2.88. The summed E-state index contributed by atoms with van der Waals surface area (Å²) < 4.78 is 49.7. The molecule has 0 saturated carbocycles. The van der Waals surface area contributed by atoms with Gasteiger partial charge in [-0.15, -0.1) is 0 Å². The molecule has 1 fully saturated rings. The zero-order valence-corrected chi connectivity index (χ0v) is 14.6. The number of hydrogen-bond donors (Lipinski definition) is 2. The molecule has 1 aliphatic heterocycles. The maximum absolute atomic E-state index is 13.8. The fraction of sp³-hybridized carbons (Fsp3) is 0.312. The van der Waals surface area contributed by atoms with Gasteiger partial charge >= 0.3 is 0 Å². The number of rotatable bonds is 4. The quantitative estimate of drug-likeness (QED) is 0.835. The average molecular weight is 382 g/mol. The normalized spacial score (nSPS) is 18.5. The number of anilines is 2. The summed E-state index contributed by atoms with van der Waals surface area (Å²) in [6.07, 6.45) is 0.351. The largest absolute Gasteiger partial charge is 0.347 e. The Bertz CT molecular complexity index is 966. The molecule has 3 rings (SSSR count). The summed E-state index contributed by atoms with van der Waals surface area (Å²) >= 11 is 0. The highest BCUT2D eigenvalue weighted by Gasteiger charge is 2.29. The van der Waals surface area contributed by atoms with Crippen LogP contribution in [0.2, 0.25) is 0 Å². The number of aryl methyl sites for hydroxylation is 1. The fourth-order valence-corrected chi connectivity index (χ4v) is 4.32. The lowest BCUT2D eigenvalue weighted by atomic mass is 10.2. The Morgan fingerprint density at radius 1 is 1.23 bits per heavy atom. The first-order valence-corrected chi connectivity index (χ1v) is 9.63. The van der Waals surface area contributed by atoms with Crippen molar-refractivity contribution >= 4 is 27.2 Å². The van der Waals surface area contributed by atoms with E-state index < -0.39 is 33.4 Å². The maximum Gasteiger partial charge on any atom is 0.270 e. The van der Waals surface area contributed by atoms with Gasteiger partial charge in [0.1, 0.15) is 29.0 Å². The highest BCUT2D eigenvalue weighted by atomic mass is 32.2. The van der Waals surface area contributed by atoms with Gasteiger partial charge in [-0.2, -0.15) is 0 Å². The van der Waals surface area contributed by atoms with Crippen LogP contribution in [0.15, 0.2) is 24.3 Å². The number of hydrogen-bond acceptors (Lipinski definition) is 6. The van der Waals surface area contributed by atoms with Crippen molar-refractivity contribution in [2.75, 3.05) is 16.8 Å². The molecule has 26 heavy (non-hydrogen) atoms. The van der Waals surface area contributed by atoms with Crippen LogP contribution in [0.5, 0.6) is 0 Å². The molecular formula is C16H16F2N4O3S. The Morgan fingerprint density at radius 2 is 2.00 bits per heavy atom. The van der Waals surface area contributed by atoms with Crippen molar-refractivity contribution in [2.45, 2.75) is 19.4 Å². The van der Waals surface area contributed by atoms with Crippen molar-refractivity contribution in [3.63, 3.8) is 0 Å². The number of sulfone groups is 1. The third-order valence-corrected chi connectivity index (χ3v) is 5.60. The minimum absolute atomic E-state index is 0.00209. The zero-order valence-electron chi connectivity index (χ0n) is 13.8. The Hall–Kier alpha value is -2.62. The van der Waals surface area contributed by atoms with Gasteiger partial charge in [-0.1, -0.05) is 0 Å². The number of nitrogens with one attached hydrogen (secondary N) is 2. The number of nitrogens with zero attached hydrogens (tertiary/aromatic N) is 2. The molecule has 138 valence electrons. The molecule has 0 spiro atoms. The molecule has 2 N–H and O–H groups in total. The van der Waals surface area contributed by atoms with Gasteiger partial charge in [-0.25, -0.2) is 27.2 Å². The lowest BCUT2D eigenvalue weighted by Gasteiger charge is -2.12. The first kappa shape index (κ1) is 18.2. The van der Waals surface area contributed by atoms with E-state index in [0.717, 1.165) is 12.1 Å². The zero-order chi connectivity index (χ0) is 18.9. The predicted molar refractivity (Wildman–Crippen MR) is 90.9 cm³/mol. The molecule has 1 aromatic heterocycles. The fourth-order valence-electron chi connectivity index (χ4n) is 2.65. The van der Waals surface area contributed by atoms with Gasteiger partial charge in [0.15, 0.2) is 9.84 Å². The first-order chi connectivity index (χ1) is 12.2. The van der Waals surface area contributed by atoms with E-state index in [1.54, 1.807) is 6.92 Å². The smallest absolute Gasteiger partial charge is 0.270 e. The van der Waals surface area contributed by atoms with Crippen molar-refractivity contribution in [3.8, 4) is 0 Å². The van der Waals surface area contributed by atoms with Crippen molar-refractivity contribution in [3.05, 3.63) is 47.4 Å². The molecule has 0 bridgehead atoms. The lowest BCUT2D eigenvalue weighted by Crippen LogP contribution is -2.36. The third-order valence-electron chi connectivity index (χ3n) is 3.83. The molecular weight excluding hydrogens is 366 g/mol. The molecule has 2 aromatic rings. The summed E-state index contributed by atoms with van der Waals surface area (Å²) in [5.41, 5.74) is 0.0181. The molecule has 1 aliphatic rings. The van der Waals surface area contributed by atoms with Gasteiger partial charge in [0, 0.05) is 18.2 Å². The lowest BCUT2D eigenvalue weighted by molar-refractivity contribution is 0.0935. The molecule has 10 heteroatoms. The van der Waals surface area contributed by atoms with Crippen LogP contribution in [-0.4, -0.2) is 41.8 Å². The molecule has 0 radical (unpaired) electrons. The summed E-state index contributed by atoms with van der Waals surface area (Å²) in [4.78, 5) is 20.4. The van der Waals surface area contributed by atoms with Crippen molar-refractivity contribution < 1.29 is 22.0 Å². The van der Waals surface area contributed by atoms with Crippen LogP contribution in [0.1, 0.15) is 22.7 Å². The second-order valence-electron chi connectivity index (χ2n) is 6.01. The van der Waals surface area contributed by atoms with E-state index in [0.29, 0.717) is 6.42 Å². The summed E-state index contributed by atoms with van der Waals surface area (Å²) in [5, 5.41) is 5.30. The highest BCUT2D eigenvalue weighted by Crippen LogP contribution is 2.20. The van der Waals surface area contributed by atoms with E-state index in [1.165, 1.54) is 12.1 Å².